The van der Waals surface area contributed by atoms with Crippen LogP contribution in [-0.4, -0.2) is 24.1 Å². The average molecular weight is 471 g/mol. The molecule has 4 heterocycles. The molecule has 174 valence electrons. The van der Waals surface area contributed by atoms with Gasteiger partial charge in [-0.05, 0) is 67.4 Å². The first-order chi connectivity index (χ1) is 17.4. The van der Waals surface area contributed by atoms with Crippen molar-refractivity contribution in [2.24, 2.45) is 7.05 Å². The maximum absolute atomic E-state index is 13.4. The van der Waals surface area contributed by atoms with Crippen LogP contribution in [0, 0.1) is 11.3 Å². The maximum Gasteiger partial charge on any atom is 0.333 e. The number of hydrogen-bond donors (Lipinski definition) is 0. The molecule has 0 aliphatic heterocycles. The highest BCUT2D eigenvalue weighted by molar-refractivity contribution is 6.05. The second-order valence-electron chi connectivity index (χ2n) is 9.45. The molecule has 36 heavy (non-hydrogen) atoms. The van der Waals surface area contributed by atoms with Crippen molar-refractivity contribution in [2.45, 2.75) is 19.3 Å². The van der Waals surface area contributed by atoms with Crippen molar-refractivity contribution in [3.8, 4) is 22.9 Å². The van der Waals surface area contributed by atoms with Crippen LogP contribution in [0.1, 0.15) is 19.5 Å². The fraction of sp³-hybridized carbons (Fsp3) is 0.138. The van der Waals surface area contributed by atoms with Crippen LogP contribution in [0.15, 0.2) is 84.0 Å². The summed E-state index contributed by atoms with van der Waals surface area (Å²) in [6, 6.07) is 22.2. The van der Waals surface area contributed by atoms with Crippen molar-refractivity contribution in [3.05, 3.63) is 95.4 Å². The molecule has 0 aliphatic rings. The van der Waals surface area contributed by atoms with Crippen molar-refractivity contribution in [1.29, 1.82) is 5.26 Å². The lowest BCUT2D eigenvalue weighted by molar-refractivity contribution is 0.658. The van der Waals surface area contributed by atoms with E-state index in [1.165, 1.54) is 0 Å². The fourth-order valence-electron chi connectivity index (χ4n) is 4.62. The molecule has 0 spiro atoms. The summed E-state index contributed by atoms with van der Waals surface area (Å²) in [4.78, 5) is 26.9. The number of pyridine rings is 3. The highest BCUT2D eigenvalue weighted by Crippen LogP contribution is 2.31. The van der Waals surface area contributed by atoms with E-state index in [9.17, 15) is 10.1 Å². The second-order valence-corrected chi connectivity index (χ2v) is 9.45. The average Bonchev–Trinajstić information content (AvgIpc) is 3.18. The molecule has 0 saturated heterocycles. The Balaban J connectivity index is 1.59. The maximum atomic E-state index is 13.4. The van der Waals surface area contributed by atoms with E-state index in [0.29, 0.717) is 11.4 Å². The number of imidazole rings is 1. The third kappa shape index (κ3) is 3.27. The summed E-state index contributed by atoms with van der Waals surface area (Å²) in [5, 5.41) is 11.4. The molecular weight excluding hydrogens is 448 g/mol. The summed E-state index contributed by atoms with van der Waals surface area (Å²) in [7, 11) is 1.75. The Morgan fingerprint density at radius 3 is 2.42 bits per heavy atom. The molecule has 0 aliphatic carbocycles. The van der Waals surface area contributed by atoms with E-state index in [0.717, 1.165) is 44.0 Å². The molecule has 2 aromatic carbocycles. The Morgan fingerprint density at radius 1 is 0.889 bits per heavy atom. The number of fused-ring (bicyclic) bond motifs is 4. The number of nitriles is 1. The molecule has 6 rings (SSSR count). The molecule has 7 heteroatoms. The lowest BCUT2D eigenvalue weighted by atomic mass is 9.91. The topological polar surface area (TPSA) is 89.4 Å². The van der Waals surface area contributed by atoms with Crippen LogP contribution >= 0.6 is 0 Å². The predicted molar refractivity (Wildman–Crippen MR) is 141 cm³/mol. The fourth-order valence-corrected chi connectivity index (χ4v) is 4.62. The van der Waals surface area contributed by atoms with Gasteiger partial charge in [0.05, 0.1) is 57.3 Å². The van der Waals surface area contributed by atoms with Gasteiger partial charge in [-0.15, -0.1) is 0 Å². The van der Waals surface area contributed by atoms with Crippen LogP contribution in [0.3, 0.4) is 0 Å². The standard InChI is InChI=1S/C29H22N6O/c1-29(2,17-30)26-11-8-21(15-33-26)35-27-22-14-19(18-6-9-23-20(13-18)5-4-12-31-23)7-10-24(22)32-16-25(27)34(3)28(35)36/h4-16H,1-3H3. The lowest BCUT2D eigenvalue weighted by Crippen LogP contribution is -2.21. The predicted octanol–water partition coefficient (Wildman–Crippen LogP) is 5.29. The molecule has 4 aromatic heterocycles. The van der Waals surface area contributed by atoms with Crippen molar-refractivity contribution in [1.82, 2.24) is 24.1 Å². The number of aryl methyl sites for hydroxylation is 1. The first-order valence-corrected chi connectivity index (χ1v) is 11.6. The first-order valence-electron chi connectivity index (χ1n) is 11.6. The Kier molecular flexibility index (Phi) is 4.73. The summed E-state index contributed by atoms with van der Waals surface area (Å²) in [5.41, 5.74) is 5.71. The van der Waals surface area contributed by atoms with Crippen LogP contribution in [-0.2, 0) is 12.5 Å². The molecule has 0 radical (unpaired) electrons. The smallest absolute Gasteiger partial charge is 0.293 e. The van der Waals surface area contributed by atoms with E-state index in [-0.39, 0.29) is 5.69 Å². The minimum absolute atomic E-state index is 0.185. The summed E-state index contributed by atoms with van der Waals surface area (Å²) in [6.45, 7) is 3.64. The SMILES string of the molecule is Cn1c(=O)n(-c2ccc(C(C)(C)C#N)nc2)c2c3cc(-c4ccc5ncccc5c4)ccc3ncc21. The van der Waals surface area contributed by atoms with Crippen molar-refractivity contribution in [3.63, 3.8) is 0 Å². The van der Waals surface area contributed by atoms with Crippen molar-refractivity contribution < 1.29 is 0 Å². The van der Waals surface area contributed by atoms with Crippen LogP contribution in [0.25, 0.3) is 49.7 Å². The third-order valence-electron chi connectivity index (χ3n) is 6.75. The van der Waals surface area contributed by atoms with E-state index in [1.54, 1.807) is 34.8 Å². The quantitative estimate of drug-likeness (QED) is 0.351. The number of nitrogens with zero attached hydrogens (tertiary/aromatic N) is 6. The molecule has 0 unspecified atom stereocenters. The van der Waals surface area contributed by atoms with Gasteiger partial charge in [-0.3, -0.25) is 24.1 Å². The number of benzene rings is 2. The minimum atomic E-state index is -0.719. The second kappa shape index (κ2) is 7.85. The van der Waals surface area contributed by atoms with E-state index in [2.05, 4.69) is 39.2 Å². The highest BCUT2D eigenvalue weighted by atomic mass is 16.1. The van der Waals surface area contributed by atoms with E-state index < -0.39 is 5.41 Å². The Hall–Kier alpha value is -4.83. The zero-order valence-corrected chi connectivity index (χ0v) is 20.1. The van der Waals surface area contributed by atoms with Crippen LogP contribution < -0.4 is 5.69 Å². The summed E-state index contributed by atoms with van der Waals surface area (Å²) in [6.07, 6.45) is 5.18. The number of aromatic nitrogens is 5. The molecular formula is C29H22N6O. The van der Waals surface area contributed by atoms with Crippen molar-refractivity contribution >= 4 is 32.8 Å². The normalized spacial score (nSPS) is 11.8. The molecule has 0 amide bonds. The van der Waals surface area contributed by atoms with Gasteiger partial charge in [-0.2, -0.15) is 5.26 Å². The van der Waals surface area contributed by atoms with Gasteiger partial charge in [0, 0.05) is 24.0 Å². The van der Waals surface area contributed by atoms with Gasteiger partial charge in [0.25, 0.3) is 0 Å². The van der Waals surface area contributed by atoms with Crippen molar-refractivity contribution in [2.75, 3.05) is 0 Å². The largest absolute Gasteiger partial charge is 0.333 e. The Labute approximate surface area is 206 Å². The summed E-state index contributed by atoms with van der Waals surface area (Å²) >= 11 is 0. The summed E-state index contributed by atoms with van der Waals surface area (Å²) < 4.78 is 3.27. The highest BCUT2D eigenvalue weighted by Gasteiger charge is 2.22. The van der Waals surface area contributed by atoms with E-state index in [4.69, 9.17) is 0 Å². The molecule has 7 nitrogen and oxygen atoms in total. The zero-order chi connectivity index (χ0) is 25.0. The lowest BCUT2D eigenvalue weighted by Gasteiger charge is -2.15. The molecule has 0 fully saturated rings. The van der Waals surface area contributed by atoms with Gasteiger partial charge in [0.2, 0.25) is 0 Å². The van der Waals surface area contributed by atoms with Crippen LogP contribution in [0.2, 0.25) is 0 Å². The summed E-state index contributed by atoms with van der Waals surface area (Å²) in [5.74, 6) is 0. The van der Waals surface area contributed by atoms with Crippen LogP contribution in [0.4, 0.5) is 0 Å². The third-order valence-corrected chi connectivity index (χ3v) is 6.75. The van der Waals surface area contributed by atoms with Gasteiger partial charge in [0.1, 0.15) is 0 Å². The first kappa shape index (κ1) is 21.7. The molecule has 6 aromatic rings. The monoisotopic (exact) mass is 470 g/mol. The number of hydrogen-bond acceptors (Lipinski definition) is 5. The van der Waals surface area contributed by atoms with E-state index in [1.807, 2.05) is 56.3 Å². The Morgan fingerprint density at radius 2 is 1.67 bits per heavy atom. The van der Waals surface area contributed by atoms with Gasteiger partial charge < -0.3 is 0 Å². The van der Waals surface area contributed by atoms with Gasteiger partial charge in [-0.1, -0.05) is 18.2 Å². The van der Waals surface area contributed by atoms with Gasteiger partial charge >= 0.3 is 5.69 Å². The van der Waals surface area contributed by atoms with Crippen LogP contribution in [0.5, 0.6) is 0 Å². The number of rotatable bonds is 3. The molecule has 0 atom stereocenters. The van der Waals surface area contributed by atoms with E-state index >= 15 is 0 Å². The van der Waals surface area contributed by atoms with Gasteiger partial charge in [0.15, 0.2) is 0 Å². The molecule has 0 bridgehead atoms. The molecule has 0 N–H and O–H groups in total. The minimum Gasteiger partial charge on any atom is -0.293 e. The Bertz CT molecular complexity index is 1910. The van der Waals surface area contributed by atoms with Gasteiger partial charge in [-0.25, -0.2) is 4.79 Å². The zero-order valence-electron chi connectivity index (χ0n) is 20.1. The molecule has 0 saturated carbocycles.